The fraction of sp³-hybridized carbons (Fsp3) is 0. The van der Waals surface area contributed by atoms with Crippen molar-refractivity contribution in [1.29, 1.82) is 0 Å². The number of benzene rings is 8. The van der Waals surface area contributed by atoms with Gasteiger partial charge in [0, 0.05) is 43.8 Å². The van der Waals surface area contributed by atoms with Gasteiger partial charge in [-0.3, -0.25) is 0 Å². The van der Waals surface area contributed by atoms with Gasteiger partial charge in [-0.25, -0.2) is 9.69 Å². The Morgan fingerprint density at radius 1 is 0.364 bits per heavy atom. The maximum Gasteiger partial charge on any atom is 0.218 e. The van der Waals surface area contributed by atoms with Gasteiger partial charge in [-0.05, 0) is 83.2 Å². The lowest BCUT2D eigenvalue weighted by Gasteiger charge is -2.15. The van der Waals surface area contributed by atoms with E-state index in [2.05, 4.69) is 169 Å². The van der Waals surface area contributed by atoms with Crippen molar-refractivity contribution in [2.45, 2.75) is 0 Å². The Hall–Kier alpha value is -7.86. The summed E-state index contributed by atoms with van der Waals surface area (Å²) in [6, 6.07) is 61.1. The Morgan fingerprint density at radius 3 is 1.53 bits per heavy atom. The van der Waals surface area contributed by atoms with Crippen molar-refractivity contribution in [2.24, 2.45) is 0 Å². The first-order valence-corrected chi connectivity index (χ1v) is 18.3. The van der Waals surface area contributed by atoms with Crippen LogP contribution in [0, 0.1) is 13.1 Å². The highest BCUT2D eigenvalue weighted by Crippen LogP contribution is 2.43. The molecule has 254 valence electrons. The van der Waals surface area contributed by atoms with Crippen LogP contribution in [0.25, 0.3) is 103 Å². The van der Waals surface area contributed by atoms with Gasteiger partial charge in [0.2, 0.25) is 5.69 Å². The van der Waals surface area contributed by atoms with Crippen molar-refractivity contribution in [3.63, 3.8) is 0 Å². The summed E-state index contributed by atoms with van der Waals surface area (Å²) < 4.78 is 6.83. The molecule has 0 spiro atoms. The largest absolute Gasteiger partial charge is 0.319 e. The molecule has 0 saturated heterocycles. The summed E-state index contributed by atoms with van der Waals surface area (Å²) in [5.41, 5.74) is 12.5. The van der Waals surface area contributed by atoms with Crippen molar-refractivity contribution in [1.82, 2.24) is 13.7 Å². The first-order chi connectivity index (χ1) is 27.2. The fourth-order valence-electron chi connectivity index (χ4n) is 8.78. The smallest absolute Gasteiger partial charge is 0.218 e. The zero-order valence-corrected chi connectivity index (χ0v) is 29.5. The van der Waals surface area contributed by atoms with Gasteiger partial charge in [-0.15, -0.1) is 0 Å². The predicted octanol–water partition coefficient (Wildman–Crippen LogP) is 13.7. The number of rotatable bonds is 4. The first-order valence-electron chi connectivity index (χ1n) is 18.3. The summed E-state index contributed by atoms with van der Waals surface area (Å²) in [5.74, 6) is 0. The van der Waals surface area contributed by atoms with Crippen LogP contribution in [0.15, 0.2) is 176 Å². The summed E-state index contributed by atoms with van der Waals surface area (Å²) >= 11 is 0. The maximum atomic E-state index is 8.53. The predicted molar refractivity (Wildman–Crippen MR) is 227 cm³/mol. The lowest BCUT2D eigenvalue weighted by molar-refractivity contribution is 1.17. The summed E-state index contributed by atoms with van der Waals surface area (Å²) in [5, 5.41) is 6.76. The molecule has 0 radical (unpaired) electrons. The van der Waals surface area contributed by atoms with Gasteiger partial charge in [-0.2, -0.15) is 0 Å². The monoisotopic (exact) mass is 699 g/mol. The molecule has 0 N–H and O–H groups in total. The second-order valence-corrected chi connectivity index (χ2v) is 13.9. The summed E-state index contributed by atoms with van der Waals surface area (Å²) in [7, 11) is 0. The van der Waals surface area contributed by atoms with Gasteiger partial charge in [0.1, 0.15) is 0 Å². The van der Waals surface area contributed by atoms with Crippen LogP contribution in [-0.2, 0) is 0 Å². The number of aromatic nitrogens is 3. The first kappa shape index (κ1) is 30.7. The molecule has 11 rings (SSSR count). The zero-order valence-electron chi connectivity index (χ0n) is 29.5. The van der Waals surface area contributed by atoms with Crippen LogP contribution in [0.3, 0.4) is 0 Å². The van der Waals surface area contributed by atoms with Crippen LogP contribution >= 0.6 is 0 Å². The lowest BCUT2D eigenvalue weighted by Crippen LogP contribution is -1.97. The SMILES string of the molecule is [C-]#[N+]c1c(-c2ccc(-n3c4ccccc4c4c([N+]#[C-])cccc43)cc2)cccc1-n1c2ccccc2c2cc(-n3c4ccccc4c4ccccc43)ccc21. The van der Waals surface area contributed by atoms with Gasteiger partial charge in [0.05, 0.1) is 46.4 Å². The number of para-hydroxylation sites is 5. The molecule has 0 fully saturated rings. The average molecular weight is 700 g/mol. The summed E-state index contributed by atoms with van der Waals surface area (Å²) in [4.78, 5) is 8.05. The second-order valence-electron chi connectivity index (χ2n) is 13.9. The number of hydrogen-bond acceptors (Lipinski definition) is 0. The topological polar surface area (TPSA) is 23.5 Å². The average Bonchev–Trinajstić information content (AvgIpc) is 3.89. The molecular formula is C50H29N5. The molecule has 3 heterocycles. The molecule has 0 amide bonds. The van der Waals surface area contributed by atoms with Gasteiger partial charge >= 0.3 is 0 Å². The van der Waals surface area contributed by atoms with E-state index in [1.54, 1.807) is 0 Å². The van der Waals surface area contributed by atoms with E-state index in [1.807, 2.05) is 30.3 Å². The van der Waals surface area contributed by atoms with Gasteiger partial charge in [0.25, 0.3) is 0 Å². The molecule has 5 heteroatoms. The van der Waals surface area contributed by atoms with Crippen LogP contribution < -0.4 is 0 Å². The molecule has 8 aromatic carbocycles. The Balaban J connectivity index is 1.07. The summed E-state index contributed by atoms with van der Waals surface area (Å²) in [6.07, 6.45) is 0. The van der Waals surface area contributed by atoms with E-state index in [4.69, 9.17) is 13.1 Å². The van der Waals surface area contributed by atoms with E-state index >= 15 is 0 Å². The molecule has 0 aliphatic carbocycles. The molecule has 0 bridgehead atoms. The standard InChI is InChI=1S/C50H29N5/c1-51-41-18-12-23-47-49(41)39-16-6-10-22-45(39)53(47)33-27-25-32(26-28-33)35-17-11-24-48(50(35)52-2)55-44-21-9-5-15-38(44)40-31-34(29-30-46(40)55)54-42-19-7-3-13-36(42)37-14-4-8-20-43(37)54/h3-31H. The number of fused-ring (bicyclic) bond motifs is 9. The van der Waals surface area contributed by atoms with Gasteiger partial charge < -0.3 is 13.7 Å². The van der Waals surface area contributed by atoms with E-state index in [0.29, 0.717) is 11.4 Å². The van der Waals surface area contributed by atoms with E-state index in [9.17, 15) is 0 Å². The molecule has 0 atom stereocenters. The highest BCUT2D eigenvalue weighted by Gasteiger charge is 2.20. The molecule has 3 aromatic heterocycles. The number of hydrogen-bond donors (Lipinski definition) is 0. The van der Waals surface area contributed by atoms with E-state index in [0.717, 1.165) is 71.8 Å². The molecule has 0 aliphatic rings. The van der Waals surface area contributed by atoms with E-state index in [-0.39, 0.29) is 0 Å². The molecule has 55 heavy (non-hydrogen) atoms. The van der Waals surface area contributed by atoms with Crippen molar-refractivity contribution in [3.05, 3.63) is 199 Å². The lowest BCUT2D eigenvalue weighted by atomic mass is 10.0. The highest BCUT2D eigenvalue weighted by molar-refractivity contribution is 6.15. The van der Waals surface area contributed by atoms with Crippen LogP contribution in [0.1, 0.15) is 0 Å². The maximum absolute atomic E-state index is 8.53. The molecule has 0 aliphatic heterocycles. The van der Waals surface area contributed by atoms with Crippen molar-refractivity contribution in [2.75, 3.05) is 0 Å². The summed E-state index contributed by atoms with van der Waals surface area (Å²) in [6.45, 7) is 16.3. The molecule has 0 unspecified atom stereocenters. The molecule has 11 aromatic rings. The molecule has 0 saturated carbocycles. The Labute approximate surface area is 316 Å². The minimum atomic E-state index is 0.600. The van der Waals surface area contributed by atoms with Crippen molar-refractivity contribution in [3.8, 4) is 28.2 Å². The minimum Gasteiger partial charge on any atom is -0.319 e. The number of nitrogens with zero attached hydrogens (tertiary/aromatic N) is 5. The van der Waals surface area contributed by atoms with Gasteiger partial charge in [-0.1, -0.05) is 109 Å². The van der Waals surface area contributed by atoms with Crippen LogP contribution in [-0.4, -0.2) is 13.7 Å². The Kier molecular flexibility index (Phi) is 6.61. The second kappa shape index (κ2) is 11.8. The van der Waals surface area contributed by atoms with Crippen LogP contribution in [0.5, 0.6) is 0 Å². The van der Waals surface area contributed by atoms with Gasteiger partial charge in [0.15, 0.2) is 5.69 Å². The Morgan fingerprint density at radius 2 is 0.873 bits per heavy atom. The third-order valence-corrected chi connectivity index (χ3v) is 11.1. The fourth-order valence-corrected chi connectivity index (χ4v) is 8.78. The minimum absolute atomic E-state index is 0.600. The van der Waals surface area contributed by atoms with E-state index in [1.165, 1.54) is 21.8 Å². The normalized spacial score (nSPS) is 11.6. The third kappa shape index (κ3) is 4.39. The molecule has 5 nitrogen and oxygen atoms in total. The Bertz CT molecular complexity index is 3400. The zero-order chi connectivity index (χ0) is 36.6. The molecular weight excluding hydrogens is 671 g/mol. The quantitative estimate of drug-likeness (QED) is 0.163. The van der Waals surface area contributed by atoms with E-state index < -0.39 is 0 Å². The van der Waals surface area contributed by atoms with Crippen molar-refractivity contribution < 1.29 is 0 Å². The highest BCUT2D eigenvalue weighted by atomic mass is 15.0. The van der Waals surface area contributed by atoms with Crippen molar-refractivity contribution >= 4 is 76.8 Å². The van der Waals surface area contributed by atoms with Crippen LogP contribution in [0.4, 0.5) is 11.4 Å². The third-order valence-electron chi connectivity index (χ3n) is 11.1. The van der Waals surface area contributed by atoms with Crippen LogP contribution in [0.2, 0.25) is 0 Å².